The molecule has 0 aromatic heterocycles. The van der Waals surface area contributed by atoms with Gasteiger partial charge in [0.1, 0.15) is 0 Å². The summed E-state index contributed by atoms with van der Waals surface area (Å²) in [5, 5.41) is -6.28. The van der Waals surface area contributed by atoms with Gasteiger partial charge in [0.05, 0.1) is 0 Å². The van der Waals surface area contributed by atoms with Gasteiger partial charge in [-0.2, -0.15) is 30.7 Å². The lowest BCUT2D eigenvalue weighted by Gasteiger charge is -2.27. The number of alkyl halides is 7. The van der Waals surface area contributed by atoms with Crippen LogP contribution in [0, 0.1) is 0 Å². The van der Waals surface area contributed by atoms with Gasteiger partial charge in [-0.05, 0) is 6.42 Å². The Kier molecular flexibility index (Phi) is 8.99. The highest BCUT2D eigenvalue weighted by Gasteiger charge is 2.78. The largest absolute Gasteiger partial charge is 0.461 e. The zero-order chi connectivity index (χ0) is 19.1. The van der Waals surface area contributed by atoms with Crippen LogP contribution in [0.4, 0.5) is 30.7 Å². The van der Waals surface area contributed by atoms with Crippen LogP contribution < -0.4 is 4.72 Å². The Morgan fingerprint density at radius 1 is 0.750 bits per heavy atom. The molecule has 0 aliphatic heterocycles. The molecule has 0 aromatic rings. The van der Waals surface area contributed by atoms with Crippen LogP contribution in [0.15, 0.2) is 0 Å². The predicted molar refractivity (Wildman–Crippen MR) is 75.5 cm³/mol. The average Bonchev–Trinajstić information content (AvgIpc) is 2.43. The Morgan fingerprint density at radius 3 is 1.58 bits per heavy atom. The Labute approximate surface area is 137 Å². The molecule has 1 N–H and O–H groups in total. The Morgan fingerprint density at radius 2 is 1.17 bits per heavy atom. The molecule has 3 nitrogen and oxygen atoms in total. The van der Waals surface area contributed by atoms with Gasteiger partial charge in [0.25, 0.3) is 10.0 Å². The molecule has 0 aliphatic carbocycles. The van der Waals surface area contributed by atoms with Crippen LogP contribution in [0.1, 0.15) is 58.3 Å². The molecule has 0 fully saturated rings. The molecule has 11 heteroatoms. The third-order valence-corrected chi connectivity index (χ3v) is 4.90. The summed E-state index contributed by atoms with van der Waals surface area (Å²) in [6.45, 7) is 1.42. The Balaban J connectivity index is 4.36. The van der Waals surface area contributed by atoms with Crippen molar-refractivity contribution in [2.75, 3.05) is 6.54 Å². The van der Waals surface area contributed by atoms with E-state index in [9.17, 15) is 39.2 Å². The van der Waals surface area contributed by atoms with Crippen molar-refractivity contribution in [2.24, 2.45) is 0 Å². The lowest BCUT2D eigenvalue weighted by molar-refractivity contribution is -0.332. The molecule has 0 rings (SSSR count). The van der Waals surface area contributed by atoms with Gasteiger partial charge in [-0.15, -0.1) is 0 Å². The van der Waals surface area contributed by atoms with Crippen molar-refractivity contribution in [2.45, 2.75) is 75.6 Å². The van der Waals surface area contributed by atoms with Crippen molar-refractivity contribution < 1.29 is 39.2 Å². The molecular weight excluding hydrogens is 367 g/mol. The number of hydrogen-bond acceptors (Lipinski definition) is 2. The van der Waals surface area contributed by atoms with E-state index < -0.39 is 33.9 Å². The summed E-state index contributed by atoms with van der Waals surface area (Å²) in [6, 6.07) is 0. The minimum Gasteiger partial charge on any atom is -0.210 e. The molecule has 0 atom stereocenters. The molecule has 0 bridgehead atoms. The second-order valence-electron chi connectivity index (χ2n) is 5.46. The third kappa shape index (κ3) is 6.05. The molecule has 0 heterocycles. The van der Waals surface area contributed by atoms with E-state index in [1.165, 1.54) is 0 Å². The minimum atomic E-state index is -6.68. The summed E-state index contributed by atoms with van der Waals surface area (Å²) < 4.78 is 111. The number of nitrogens with one attached hydrogen (secondary N) is 1. The molecule has 0 aliphatic rings. The van der Waals surface area contributed by atoms with E-state index in [1.54, 1.807) is 0 Å². The van der Waals surface area contributed by atoms with Crippen LogP contribution in [0.25, 0.3) is 0 Å². The van der Waals surface area contributed by atoms with Crippen molar-refractivity contribution in [1.29, 1.82) is 0 Å². The summed E-state index contributed by atoms with van der Waals surface area (Å²) in [4.78, 5) is 0. The second kappa shape index (κ2) is 9.21. The first-order valence-electron chi connectivity index (χ1n) is 7.63. The fourth-order valence-corrected chi connectivity index (χ4v) is 2.94. The Hall–Kier alpha value is -0.580. The van der Waals surface area contributed by atoms with E-state index in [0.717, 1.165) is 36.8 Å². The van der Waals surface area contributed by atoms with E-state index in [4.69, 9.17) is 0 Å². The molecule has 146 valence electrons. The van der Waals surface area contributed by atoms with Crippen LogP contribution in [0.2, 0.25) is 0 Å². The number of sulfonamides is 1. The molecular formula is C13H22F7NO2S. The van der Waals surface area contributed by atoms with Crippen LogP contribution in [0.5, 0.6) is 0 Å². The fraction of sp³-hybridized carbons (Fsp3) is 1.00. The molecule has 0 spiro atoms. The van der Waals surface area contributed by atoms with E-state index in [-0.39, 0.29) is 6.42 Å². The zero-order valence-electron chi connectivity index (χ0n) is 13.2. The summed E-state index contributed by atoms with van der Waals surface area (Å²) in [7, 11) is -6.16. The van der Waals surface area contributed by atoms with Crippen molar-refractivity contribution in [1.82, 2.24) is 4.72 Å². The summed E-state index contributed by atoms with van der Waals surface area (Å²) in [5.74, 6) is -6.68. The normalized spacial score (nSPS) is 14.2. The first kappa shape index (κ1) is 23.4. The van der Waals surface area contributed by atoms with Gasteiger partial charge in [0, 0.05) is 6.54 Å². The number of hydrogen-bond donors (Lipinski definition) is 1. The zero-order valence-corrected chi connectivity index (χ0v) is 14.1. The molecule has 0 aromatic carbocycles. The SMILES string of the molecule is CCCCCCCCCCNS(=O)(=O)C(F)(F)C(F)(F)C(F)(F)F. The van der Waals surface area contributed by atoms with Gasteiger partial charge in [-0.1, -0.05) is 51.9 Å². The molecule has 0 saturated carbocycles. The number of unbranched alkanes of at least 4 members (excludes halogenated alkanes) is 7. The molecule has 0 amide bonds. The maximum atomic E-state index is 13.1. The highest BCUT2D eigenvalue weighted by molar-refractivity contribution is 7.90. The summed E-state index contributed by atoms with van der Waals surface area (Å²) in [6.07, 6.45) is -0.436. The van der Waals surface area contributed by atoms with Crippen molar-refractivity contribution in [3.05, 3.63) is 0 Å². The molecule has 0 saturated heterocycles. The van der Waals surface area contributed by atoms with Crippen LogP contribution in [-0.4, -0.2) is 32.3 Å². The maximum absolute atomic E-state index is 13.1. The first-order chi connectivity index (χ1) is 10.8. The number of halogens is 7. The minimum absolute atomic E-state index is 0.0701. The van der Waals surface area contributed by atoms with Crippen LogP contribution >= 0.6 is 0 Å². The van der Waals surface area contributed by atoms with E-state index >= 15 is 0 Å². The van der Waals surface area contributed by atoms with Crippen molar-refractivity contribution in [3.8, 4) is 0 Å². The van der Waals surface area contributed by atoms with Gasteiger partial charge in [0.2, 0.25) is 0 Å². The molecule has 24 heavy (non-hydrogen) atoms. The first-order valence-corrected chi connectivity index (χ1v) is 9.11. The lowest BCUT2D eigenvalue weighted by atomic mass is 10.1. The van der Waals surface area contributed by atoms with Gasteiger partial charge in [-0.25, -0.2) is 13.1 Å². The van der Waals surface area contributed by atoms with Gasteiger partial charge in [0.15, 0.2) is 0 Å². The monoisotopic (exact) mass is 389 g/mol. The Bertz CT molecular complexity index is 463. The second-order valence-corrected chi connectivity index (χ2v) is 7.27. The average molecular weight is 389 g/mol. The summed E-state index contributed by atoms with van der Waals surface area (Å²) >= 11 is 0. The van der Waals surface area contributed by atoms with Crippen LogP contribution in [-0.2, 0) is 10.0 Å². The van der Waals surface area contributed by atoms with Crippen LogP contribution in [0.3, 0.4) is 0 Å². The lowest BCUT2D eigenvalue weighted by Crippen LogP contribution is -2.59. The topological polar surface area (TPSA) is 46.2 Å². The van der Waals surface area contributed by atoms with Crippen molar-refractivity contribution in [3.63, 3.8) is 0 Å². The van der Waals surface area contributed by atoms with Gasteiger partial charge < -0.3 is 0 Å². The molecule has 0 radical (unpaired) electrons. The van der Waals surface area contributed by atoms with Gasteiger partial charge >= 0.3 is 17.4 Å². The fourth-order valence-electron chi connectivity index (χ4n) is 1.89. The highest BCUT2D eigenvalue weighted by atomic mass is 32.2. The quantitative estimate of drug-likeness (QED) is 0.384. The summed E-state index contributed by atoms with van der Waals surface area (Å²) in [5.41, 5.74) is 0. The maximum Gasteiger partial charge on any atom is 0.461 e. The standard InChI is InChI=1S/C13H22F7NO2S/c1-2-3-4-5-6-7-8-9-10-21-24(22,23)13(19,20)11(14,15)12(16,17)18/h21H,2-10H2,1H3. The van der Waals surface area contributed by atoms with E-state index in [2.05, 4.69) is 0 Å². The molecule has 0 unspecified atom stereocenters. The third-order valence-electron chi connectivity index (χ3n) is 3.38. The highest BCUT2D eigenvalue weighted by Crippen LogP contribution is 2.48. The van der Waals surface area contributed by atoms with E-state index in [0.29, 0.717) is 12.8 Å². The van der Waals surface area contributed by atoms with Gasteiger partial charge in [-0.3, -0.25) is 0 Å². The number of rotatable bonds is 12. The van der Waals surface area contributed by atoms with E-state index in [1.807, 2.05) is 6.92 Å². The van der Waals surface area contributed by atoms with Crippen molar-refractivity contribution >= 4 is 10.0 Å². The smallest absolute Gasteiger partial charge is 0.210 e. The predicted octanol–water partition coefficient (Wildman–Crippen LogP) is 4.84.